The highest BCUT2D eigenvalue weighted by Gasteiger charge is 2.04. The first-order valence-electron chi connectivity index (χ1n) is 7.42. The van der Waals surface area contributed by atoms with Crippen LogP contribution in [0, 0.1) is 6.92 Å². The molecule has 0 amide bonds. The average molecular weight is 311 g/mol. The number of benzene rings is 1. The summed E-state index contributed by atoms with van der Waals surface area (Å²) in [6, 6.07) is 11.0. The zero-order chi connectivity index (χ0) is 15.5. The first kappa shape index (κ1) is 15.0. The first-order chi connectivity index (χ1) is 10.6. The summed E-state index contributed by atoms with van der Waals surface area (Å²) in [6.07, 6.45) is 3.79. The van der Waals surface area contributed by atoms with Crippen LogP contribution in [0.5, 0.6) is 0 Å². The zero-order valence-electron chi connectivity index (χ0n) is 13.3. The van der Waals surface area contributed by atoms with Crippen LogP contribution in [-0.4, -0.2) is 24.0 Å². The van der Waals surface area contributed by atoms with Crippen molar-refractivity contribution in [2.24, 2.45) is 0 Å². The Hall–Kier alpha value is -1.91. The summed E-state index contributed by atoms with van der Waals surface area (Å²) in [5.41, 5.74) is 3.83. The molecule has 0 atom stereocenters. The molecule has 0 bridgehead atoms. The number of hydrogen-bond donors (Lipinski definition) is 1. The number of hydrogen-bond acceptors (Lipinski definition) is 4. The summed E-state index contributed by atoms with van der Waals surface area (Å²) in [7, 11) is 4.19. The number of nitrogens with zero attached hydrogens (tertiary/aromatic N) is 2. The third-order valence-corrected chi connectivity index (χ3v) is 4.71. The second kappa shape index (κ2) is 6.46. The van der Waals surface area contributed by atoms with Gasteiger partial charge in [0, 0.05) is 36.0 Å². The summed E-state index contributed by atoms with van der Waals surface area (Å²) < 4.78 is 1.25. The van der Waals surface area contributed by atoms with Crippen LogP contribution >= 0.6 is 11.3 Å². The third-order valence-electron chi connectivity index (χ3n) is 3.63. The topological polar surface area (TPSA) is 28.2 Å². The number of nitrogens with one attached hydrogen (secondary N) is 1. The number of thiophene rings is 1. The maximum absolute atomic E-state index is 4.18. The van der Waals surface area contributed by atoms with E-state index in [-0.39, 0.29) is 0 Å². The van der Waals surface area contributed by atoms with Crippen molar-refractivity contribution >= 4 is 27.1 Å². The van der Waals surface area contributed by atoms with Gasteiger partial charge >= 0.3 is 0 Å². The van der Waals surface area contributed by atoms with Gasteiger partial charge in [0.05, 0.1) is 4.70 Å². The van der Waals surface area contributed by atoms with E-state index >= 15 is 0 Å². The van der Waals surface area contributed by atoms with E-state index in [2.05, 4.69) is 66.6 Å². The predicted molar refractivity (Wildman–Crippen MR) is 95.5 cm³/mol. The molecule has 2 heterocycles. The van der Waals surface area contributed by atoms with Crippen LogP contribution < -0.4 is 5.32 Å². The average Bonchev–Trinajstić information content (AvgIpc) is 2.90. The molecule has 0 aliphatic heterocycles. The molecule has 0 fully saturated rings. The van der Waals surface area contributed by atoms with Gasteiger partial charge in [0.2, 0.25) is 0 Å². The molecule has 0 aliphatic rings. The van der Waals surface area contributed by atoms with Gasteiger partial charge in [0.15, 0.2) is 0 Å². The van der Waals surface area contributed by atoms with Crippen molar-refractivity contribution in [2.45, 2.75) is 20.0 Å². The van der Waals surface area contributed by atoms with E-state index in [0.29, 0.717) is 0 Å². The highest BCUT2D eigenvalue weighted by Crippen LogP contribution is 2.26. The molecular weight excluding hydrogens is 290 g/mol. The smallest absolute Gasteiger partial charge is 0.0529 e. The number of anilines is 1. The largest absolute Gasteiger partial charge is 0.380 e. The molecule has 2 aromatic heterocycles. The van der Waals surface area contributed by atoms with Crippen molar-refractivity contribution in [3.63, 3.8) is 0 Å². The van der Waals surface area contributed by atoms with Gasteiger partial charge in [0.1, 0.15) is 0 Å². The van der Waals surface area contributed by atoms with E-state index in [1.807, 2.05) is 12.4 Å². The Labute approximate surface area is 135 Å². The molecule has 0 unspecified atom stereocenters. The first-order valence-corrected chi connectivity index (χ1v) is 8.24. The minimum atomic E-state index is 0.853. The molecule has 3 nitrogen and oxygen atoms in total. The molecule has 3 aromatic rings. The quantitative estimate of drug-likeness (QED) is 0.762. The SMILES string of the molecule is Cc1ccc(CN(C)C)cc1NCc1cc2ccncc2s1. The maximum atomic E-state index is 4.18. The van der Waals surface area contributed by atoms with Gasteiger partial charge in [-0.2, -0.15) is 0 Å². The molecule has 0 saturated heterocycles. The fourth-order valence-corrected chi connectivity index (χ4v) is 3.50. The summed E-state index contributed by atoms with van der Waals surface area (Å²) in [6.45, 7) is 3.96. The lowest BCUT2D eigenvalue weighted by Gasteiger charge is -2.14. The fraction of sp³-hybridized carbons (Fsp3) is 0.278. The van der Waals surface area contributed by atoms with E-state index in [1.165, 1.54) is 31.8 Å². The summed E-state index contributed by atoms with van der Waals surface area (Å²) in [5, 5.41) is 4.85. The Bertz CT molecular complexity index is 744. The highest BCUT2D eigenvalue weighted by molar-refractivity contribution is 7.19. The monoisotopic (exact) mass is 311 g/mol. The van der Waals surface area contributed by atoms with Crippen molar-refractivity contribution in [3.8, 4) is 0 Å². The molecule has 3 rings (SSSR count). The number of rotatable bonds is 5. The Kier molecular flexibility index (Phi) is 4.41. The van der Waals surface area contributed by atoms with Gasteiger partial charge in [-0.25, -0.2) is 0 Å². The minimum absolute atomic E-state index is 0.853. The van der Waals surface area contributed by atoms with E-state index in [9.17, 15) is 0 Å². The highest BCUT2D eigenvalue weighted by atomic mass is 32.1. The van der Waals surface area contributed by atoms with Crippen molar-refractivity contribution < 1.29 is 0 Å². The van der Waals surface area contributed by atoms with E-state index in [0.717, 1.165) is 13.1 Å². The third kappa shape index (κ3) is 3.46. The molecule has 1 aromatic carbocycles. The van der Waals surface area contributed by atoms with E-state index < -0.39 is 0 Å². The molecular formula is C18H21N3S. The molecule has 0 spiro atoms. The summed E-state index contributed by atoms with van der Waals surface area (Å²) in [4.78, 5) is 7.70. The number of pyridine rings is 1. The van der Waals surface area contributed by atoms with E-state index in [1.54, 1.807) is 11.3 Å². The normalized spacial score (nSPS) is 11.3. The van der Waals surface area contributed by atoms with Crippen LogP contribution in [0.2, 0.25) is 0 Å². The maximum Gasteiger partial charge on any atom is 0.0529 e. The van der Waals surface area contributed by atoms with Crippen molar-refractivity contribution in [3.05, 3.63) is 58.7 Å². The molecule has 0 aliphatic carbocycles. The lowest BCUT2D eigenvalue weighted by atomic mass is 10.1. The predicted octanol–water partition coefficient (Wildman–Crippen LogP) is 4.28. The molecule has 0 radical (unpaired) electrons. The Morgan fingerprint density at radius 1 is 1.18 bits per heavy atom. The number of aromatic nitrogens is 1. The van der Waals surface area contributed by atoms with Gasteiger partial charge in [-0.3, -0.25) is 4.98 Å². The molecule has 22 heavy (non-hydrogen) atoms. The van der Waals surface area contributed by atoms with Gasteiger partial charge in [-0.05, 0) is 55.7 Å². The lowest BCUT2D eigenvalue weighted by molar-refractivity contribution is 0.402. The van der Waals surface area contributed by atoms with Crippen LogP contribution in [0.1, 0.15) is 16.0 Å². The van der Waals surface area contributed by atoms with Crippen LogP contribution in [0.3, 0.4) is 0 Å². The van der Waals surface area contributed by atoms with E-state index in [4.69, 9.17) is 0 Å². The molecule has 4 heteroatoms. The van der Waals surface area contributed by atoms with Crippen molar-refractivity contribution in [2.75, 3.05) is 19.4 Å². The lowest BCUT2D eigenvalue weighted by Crippen LogP contribution is -2.11. The van der Waals surface area contributed by atoms with Gasteiger partial charge in [-0.15, -0.1) is 11.3 Å². The summed E-state index contributed by atoms with van der Waals surface area (Å²) in [5.74, 6) is 0. The zero-order valence-corrected chi connectivity index (χ0v) is 14.1. The standard InChI is InChI=1S/C18H21N3S/c1-13-4-5-14(12-21(2)3)8-17(13)20-10-16-9-15-6-7-19-11-18(15)22-16/h4-9,11,20H,10,12H2,1-3H3. The Morgan fingerprint density at radius 2 is 2.05 bits per heavy atom. The molecule has 1 N–H and O–H groups in total. The van der Waals surface area contributed by atoms with Crippen molar-refractivity contribution in [1.82, 2.24) is 9.88 Å². The van der Waals surface area contributed by atoms with Crippen LogP contribution in [0.15, 0.2) is 42.7 Å². The van der Waals surface area contributed by atoms with Crippen molar-refractivity contribution in [1.29, 1.82) is 0 Å². The molecule has 114 valence electrons. The van der Waals surface area contributed by atoms with Gasteiger partial charge in [-0.1, -0.05) is 12.1 Å². The Balaban J connectivity index is 1.75. The minimum Gasteiger partial charge on any atom is -0.380 e. The van der Waals surface area contributed by atoms with Crippen LogP contribution in [-0.2, 0) is 13.1 Å². The second-order valence-corrected chi connectivity index (χ2v) is 7.04. The van der Waals surface area contributed by atoms with Gasteiger partial charge in [0.25, 0.3) is 0 Å². The van der Waals surface area contributed by atoms with Gasteiger partial charge < -0.3 is 10.2 Å². The summed E-state index contributed by atoms with van der Waals surface area (Å²) >= 11 is 1.80. The number of aryl methyl sites for hydroxylation is 1. The fourth-order valence-electron chi connectivity index (χ4n) is 2.53. The van der Waals surface area contributed by atoms with Crippen LogP contribution in [0.25, 0.3) is 10.1 Å². The molecule has 0 saturated carbocycles. The van der Waals surface area contributed by atoms with Crippen LogP contribution in [0.4, 0.5) is 5.69 Å². The Morgan fingerprint density at radius 3 is 2.82 bits per heavy atom. The second-order valence-electron chi connectivity index (χ2n) is 5.87. The number of fused-ring (bicyclic) bond motifs is 1.